The number of carbonyl (C=O) groups is 2. The molecule has 7 nitrogen and oxygen atoms in total. The van der Waals surface area contributed by atoms with Gasteiger partial charge >= 0.3 is 0 Å². The Morgan fingerprint density at radius 3 is 2.69 bits per heavy atom. The SMILES string of the molecule is NC(=O)c1ccc(C(=O)Nc2cccc(OCCN3CCOCC3)c2)s1. The fraction of sp³-hybridized carbons (Fsp3) is 0.333. The van der Waals surface area contributed by atoms with Gasteiger partial charge in [-0.15, -0.1) is 11.3 Å². The third-order valence-electron chi connectivity index (χ3n) is 3.94. The first-order valence-corrected chi connectivity index (χ1v) is 9.17. The number of amides is 2. The standard InChI is InChI=1S/C18H21N3O4S/c19-17(22)15-4-5-16(26-15)18(23)20-13-2-1-3-14(12-13)25-11-8-21-6-9-24-10-7-21/h1-5,12H,6-11H2,(H2,19,22)(H,20,23). The summed E-state index contributed by atoms with van der Waals surface area (Å²) < 4.78 is 11.1. The van der Waals surface area contributed by atoms with Crippen LogP contribution in [0.2, 0.25) is 0 Å². The van der Waals surface area contributed by atoms with Crippen molar-refractivity contribution in [2.24, 2.45) is 5.73 Å². The van der Waals surface area contributed by atoms with Crippen molar-refractivity contribution in [1.29, 1.82) is 0 Å². The number of rotatable bonds is 7. The molecule has 1 aromatic heterocycles. The maximum atomic E-state index is 12.3. The Hall–Kier alpha value is -2.42. The molecule has 8 heteroatoms. The lowest BCUT2D eigenvalue weighted by Crippen LogP contribution is -2.38. The minimum atomic E-state index is -0.537. The minimum Gasteiger partial charge on any atom is -0.492 e. The summed E-state index contributed by atoms with van der Waals surface area (Å²) in [5, 5.41) is 2.80. The van der Waals surface area contributed by atoms with Gasteiger partial charge in [-0.3, -0.25) is 14.5 Å². The van der Waals surface area contributed by atoms with Crippen LogP contribution in [0.3, 0.4) is 0 Å². The zero-order chi connectivity index (χ0) is 18.4. The third-order valence-corrected chi connectivity index (χ3v) is 5.04. The van der Waals surface area contributed by atoms with E-state index < -0.39 is 5.91 Å². The van der Waals surface area contributed by atoms with E-state index in [9.17, 15) is 9.59 Å². The van der Waals surface area contributed by atoms with Gasteiger partial charge in [0, 0.05) is 31.4 Å². The number of primary amides is 1. The second kappa shape index (κ2) is 8.79. The van der Waals surface area contributed by atoms with E-state index in [1.54, 1.807) is 24.3 Å². The maximum absolute atomic E-state index is 12.3. The van der Waals surface area contributed by atoms with E-state index in [0.717, 1.165) is 44.2 Å². The van der Waals surface area contributed by atoms with E-state index in [4.69, 9.17) is 15.2 Å². The number of nitrogens with two attached hydrogens (primary N) is 1. The van der Waals surface area contributed by atoms with Crippen molar-refractivity contribution in [3.05, 3.63) is 46.2 Å². The fourth-order valence-corrected chi connectivity index (χ4v) is 3.32. The molecule has 1 aliphatic heterocycles. The first-order chi connectivity index (χ1) is 12.6. The van der Waals surface area contributed by atoms with Crippen LogP contribution in [0, 0.1) is 0 Å². The van der Waals surface area contributed by atoms with E-state index in [0.29, 0.717) is 27.8 Å². The van der Waals surface area contributed by atoms with Gasteiger partial charge in [0.05, 0.1) is 23.0 Å². The number of hydrogen-bond acceptors (Lipinski definition) is 6. The largest absolute Gasteiger partial charge is 0.492 e. The van der Waals surface area contributed by atoms with Gasteiger partial charge in [-0.05, 0) is 24.3 Å². The molecule has 2 amide bonds. The predicted octanol–water partition coefficient (Wildman–Crippen LogP) is 1.81. The lowest BCUT2D eigenvalue weighted by atomic mass is 10.3. The maximum Gasteiger partial charge on any atom is 0.265 e. The molecule has 0 atom stereocenters. The summed E-state index contributed by atoms with van der Waals surface area (Å²) >= 11 is 1.07. The van der Waals surface area contributed by atoms with Crippen molar-refractivity contribution in [3.63, 3.8) is 0 Å². The van der Waals surface area contributed by atoms with E-state index in [2.05, 4.69) is 10.2 Å². The number of ether oxygens (including phenoxy) is 2. The van der Waals surface area contributed by atoms with Gasteiger partial charge in [0.15, 0.2) is 0 Å². The summed E-state index contributed by atoms with van der Waals surface area (Å²) in [5.74, 6) is -0.127. The molecule has 0 unspecified atom stereocenters. The molecule has 0 radical (unpaired) electrons. The van der Waals surface area contributed by atoms with Gasteiger partial charge in [0.25, 0.3) is 11.8 Å². The van der Waals surface area contributed by atoms with E-state index >= 15 is 0 Å². The average molecular weight is 375 g/mol. The van der Waals surface area contributed by atoms with Gasteiger partial charge in [-0.1, -0.05) is 6.07 Å². The molecule has 1 fully saturated rings. The van der Waals surface area contributed by atoms with Crippen LogP contribution in [0.5, 0.6) is 5.75 Å². The first-order valence-electron chi connectivity index (χ1n) is 8.36. The van der Waals surface area contributed by atoms with Crippen molar-refractivity contribution < 1.29 is 19.1 Å². The lowest BCUT2D eigenvalue weighted by Gasteiger charge is -2.26. The van der Waals surface area contributed by atoms with Crippen LogP contribution in [0.1, 0.15) is 19.3 Å². The van der Waals surface area contributed by atoms with Gasteiger partial charge in [0.2, 0.25) is 0 Å². The van der Waals surface area contributed by atoms with Crippen molar-refractivity contribution in [1.82, 2.24) is 4.90 Å². The number of morpholine rings is 1. The molecule has 0 bridgehead atoms. The van der Waals surface area contributed by atoms with Crippen LogP contribution >= 0.6 is 11.3 Å². The number of benzene rings is 1. The van der Waals surface area contributed by atoms with Crippen LogP contribution in [-0.2, 0) is 4.74 Å². The Morgan fingerprint density at radius 1 is 1.19 bits per heavy atom. The molecule has 0 spiro atoms. The number of nitrogens with zero attached hydrogens (tertiary/aromatic N) is 1. The minimum absolute atomic E-state index is 0.284. The van der Waals surface area contributed by atoms with Crippen LogP contribution in [0.25, 0.3) is 0 Å². The van der Waals surface area contributed by atoms with E-state index in [-0.39, 0.29) is 5.91 Å². The second-order valence-electron chi connectivity index (χ2n) is 5.81. The molecule has 0 saturated carbocycles. The number of hydrogen-bond donors (Lipinski definition) is 2. The van der Waals surface area contributed by atoms with Crippen LogP contribution in [0.15, 0.2) is 36.4 Å². The summed E-state index contributed by atoms with van der Waals surface area (Å²) in [5.41, 5.74) is 5.85. The molecule has 1 aromatic carbocycles. The number of thiophene rings is 1. The van der Waals surface area contributed by atoms with Crippen LogP contribution in [-0.4, -0.2) is 56.2 Å². The monoisotopic (exact) mass is 375 g/mol. The van der Waals surface area contributed by atoms with Gasteiger partial charge in [0.1, 0.15) is 12.4 Å². The Balaban J connectivity index is 1.52. The first kappa shape index (κ1) is 18.4. The van der Waals surface area contributed by atoms with Gasteiger partial charge in [-0.25, -0.2) is 0 Å². The summed E-state index contributed by atoms with van der Waals surface area (Å²) in [7, 11) is 0. The number of carbonyl (C=O) groups excluding carboxylic acids is 2. The molecular formula is C18H21N3O4S. The van der Waals surface area contributed by atoms with Crippen molar-refractivity contribution >= 4 is 28.8 Å². The molecule has 3 rings (SSSR count). The van der Waals surface area contributed by atoms with E-state index in [1.807, 2.05) is 12.1 Å². The topological polar surface area (TPSA) is 93.9 Å². The molecule has 138 valence electrons. The molecule has 2 aromatic rings. The highest BCUT2D eigenvalue weighted by Crippen LogP contribution is 2.21. The summed E-state index contributed by atoms with van der Waals surface area (Å²) in [6.45, 7) is 4.79. The van der Waals surface area contributed by atoms with E-state index in [1.165, 1.54) is 0 Å². The quantitative estimate of drug-likeness (QED) is 0.770. The Bertz CT molecular complexity index is 771. The van der Waals surface area contributed by atoms with Crippen LogP contribution < -0.4 is 15.8 Å². The molecule has 3 N–H and O–H groups in total. The van der Waals surface area contributed by atoms with Crippen molar-refractivity contribution in [2.75, 3.05) is 44.8 Å². The summed E-state index contributed by atoms with van der Waals surface area (Å²) in [4.78, 5) is 26.5. The summed E-state index contributed by atoms with van der Waals surface area (Å²) in [6, 6.07) is 10.4. The van der Waals surface area contributed by atoms with Crippen LogP contribution in [0.4, 0.5) is 5.69 Å². The van der Waals surface area contributed by atoms with Gasteiger partial charge < -0.3 is 20.5 Å². The predicted molar refractivity (Wildman–Crippen MR) is 100.0 cm³/mol. The second-order valence-corrected chi connectivity index (χ2v) is 6.90. The Morgan fingerprint density at radius 2 is 1.96 bits per heavy atom. The third kappa shape index (κ3) is 5.04. The summed E-state index contributed by atoms with van der Waals surface area (Å²) in [6.07, 6.45) is 0. The Labute approximate surface area is 155 Å². The fourth-order valence-electron chi connectivity index (χ4n) is 2.57. The zero-order valence-electron chi connectivity index (χ0n) is 14.3. The highest BCUT2D eigenvalue weighted by atomic mass is 32.1. The average Bonchev–Trinajstić information content (AvgIpc) is 3.14. The molecule has 2 heterocycles. The molecular weight excluding hydrogens is 354 g/mol. The smallest absolute Gasteiger partial charge is 0.265 e. The molecule has 26 heavy (non-hydrogen) atoms. The Kier molecular flexibility index (Phi) is 6.21. The number of nitrogens with one attached hydrogen (secondary N) is 1. The van der Waals surface area contributed by atoms with Crippen molar-refractivity contribution in [3.8, 4) is 5.75 Å². The lowest BCUT2D eigenvalue weighted by molar-refractivity contribution is 0.0322. The number of anilines is 1. The molecule has 0 aliphatic carbocycles. The van der Waals surface area contributed by atoms with Crippen molar-refractivity contribution in [2.45, 2.75) is 0 Å². The highest BCUT2D eigenvalue weighted by Gasteiger charge is 2.13. The molecule has 1 saturated heterocycles. The highest BCUT2D eigenvalue weighted by molar-refractivity contribution is 7.16. The van der Waals surface area contributed by atoms with Gasteiger partial charge in [-0.2, -0.15) is 0 Å². The normalized spacial score (nSPS) is 14.8. The zero-order valence-corrected chi connectivity index (χ0v) is 15.1. The molecule has 1 aliphatic rings.